The maximum Gasteiger partial charge on any atom is 0.189 e. The number of nitrogens with zero attached hydrogens (tertiary/aromatic N) is 1. The highest BCUT2D eigenvalue weighted by atomic mass is 79.9. The normalized spacial score (nSPS) is 10.8. The molecule has 3 nitrogen and oxygen atoms in total. The van der Waals surface area contributed by atoms with Gasteiger partial charge in [0, 0.05) is 35.2 Å². The van der Waals surface area contributed by atoms with Gasteiger partial charge in [-0.05, 0) is 28.1 Å². The molecule has 0 spiro atoms. The Morgan fingerprint density at radius 1 is 1.33 bits per heavy atom. The molecule has 78 valence electrons. The quantitative estimate of drug-likeness (QED) is 0.900. The highest BCUT2D eigenvalue weighted by Crippen LogP contribution is 2.21. The Kier molecular flexibility index (Phi) is 2.88. The molecule has 15 heavy (non-hydrogen) atoms. The van der Waals surface area contributed by atoms with Gasteiger partial charge in [0.1, 0.15) is 0 Å². The first-order valence-electron chi connectivity index (χ1n) is 4.72. The number of fused-ring (bicyclic) bond motifs is 1. The molecule has 1 aromatic heterocycles. The van der Waals surface area contributed by atoms with Crippen LogP contribution in [-0.4, -0.2) is 11.1 Å². The first-order valence-corrected chi connectivity index (χ1v) is 5.51. The molecule has 0 amide bonds. The third-order valence-electron chi connectivity index (χ3n) is 2.32. The van der Waals surface area contributed by atoms with Crippen LogP contribution in [0.25, 0.3) is 10.9 Å². The average molecular weight is 267 g/mol. The number of rotatable bonds is 2. The smallest absolute Gasteiger partial charge is 0.189 e. The molecule has 0 aliphatic rings. The third-order valence-corrected chi connectivity index (χ3v) is 2.96. The van der Waals surface area contributed by atoms with Gasteiger partial charge in [-0.15, -0.1) is 0 Å². The van der Waals surface area contributed by atoms with Crippen LogP contribution >= 0.6 is 15.9 Å². The van der Waals surface area contributed by atoms with Crippen molar-refractivity contribution in [3.63, 3.8) is 0 Å². The van der Waals surface area contributed by atoms with Crippen LogP contribution in [0.1, 0.15) is 0 Å². The van der Waals surface area contributed by atoms with Crippen molar-refractivity contribution in [1.29, 1.82) is 0 Å². The molecule has 0 saturated carbocycles. The van der Waals surface area contributed by atoms with Gasteiger partial charge in [0.2, 0.25) is 0 Å². The van der Waals surface area contributed by atoms with Crippen LogP contribution in [0.15, 0.2) is 39.7 Å². The zero-order valence-corrected chi connectivity index (χ0v) is 9.70. The molecule has 0 fully saturated rings. The fourth-order valence-electron chi connectivity index (χ4n) is 1.65. The molecule has 0 saturated heterocycles. The van der Waals surface area contributed by atoms with E-state index < -0.39 is 0 Å². The second-order valence-electron chi connectivity index (χ2n) is 3.30. The second-order valence-corrected chi connectivity index (χ2v) is 4.15. The first kappa shape index (κ1) is 10.4. The summed E-state index contributed by atoms with van der Waals surface area (Å²) < 4.78 is 2.91. The van der Waals surface area contributed by atoms with Crippen LogP contribution in [0, 0.1) is 0 Å². The molecule has 2 rings (SSSR count). The number of para-hydroxylation sites is 1. The highest BCUT2D eigenvalue weighted by molar-refractivity contribution is 9.10. The summed E-state index contributed by atoms with van der Waals surface area (Å²) in [6, 6.07) is 7.19. The van der Waals surface area contributed by atoms with Crippen LogP contribution in [0.2, 0.25) is 0 Å². The number of halogens is 1. The predicted molar refractivity (Wildman–Crippen MR) is 65.0 cm³/mol. The SMILES string of the molecule is NCCn1ccc(=O)c2cccc(Br)c21. The maximum absolute atomic E-state index is 11.6. The van der Waals surface area contributed by atoms with E-state index in [4.69, 9.17) is 5.73 Å². The van der Waals surface area contributed by atoms with Crippen molar-refractivity contribution >= 4 is 26.8 Å². The molecule has 2 aromatic rings. The molecule has 0 atom stereocenters. The standard InChI is InChI=1S/C11H11BrN2O/c12-9-3-1-2-8-10(15)4-6-14(7-5-13)11(8)9/h1-4,6H,5,7,13H2. The van der Waals surface area contributed by atoms with Crippen molar-refractivity contribution in [3.8, 4) is 0 Å². The van der Waals surface area contributed by atoms with Crippen molar-refractivity contribution < 1.29 is 0 Å². The number of hydrogen-bond donors (Lipinski definition) is 1. The molecule has 4 heteroatoms. The molecular weight excluding hydrogens is 256 g/mol. The molecular formula is C11H11BrN2O. The lowest BCUT2D eigenvalue weighted by molar-refractivity contribution is 0.727. The Bertz CT molecular complexity index is 548. The predicted octanol–water partition coefficient (Wildman–Crippen LogP) is 1.72. The van der Waals surface area contributed by atoms with Gasteiger partial charge in [-0.25, -0.2) is 0 Å². The van der Waals surface area contributed by atoms with Crippen molar-refractivity contribution in [3.05, 3.63) is 45.2 Å². The zero-order valence-electron chi connectivity index (χ0n) is 8.11. The lowest BCUT2D eigenvalue weighted by Crippen LogP contribution is -2.14. The summed E-state index contributed by atoms with van der Waals surface area (Å²) in [6.45, 7) is 1.26. The maximum atomic E-state index is 11.6. The van der Waals surface area contributed by atoms with Crippen LogP contribution < -0.4 is 11.2 Å². The third kappa shape index (κ3) is 1.82. The minimum absolute atomic E-state index is 0.0413. The van der Waals surface area contributed by atoms with Gasteiger partial charge in [-0.1, -0.05) is 6.07 Å². The van der Waals surface area contributed by atoms with Crippen molar-refractivity contribution in [1.82, 2.24) is 4.57 Å². The minimum atomic E-state index is 0.0413. The number of hydrogen-bond acceptors (Lipinski definition) is 2. The number of nitrogens with two attached hydrogens (primary N) is 1. The van der Waals surface area contributed by atoms with Crippen LogP contribution in [0.3, 0.4) is 0 Å². The van der Waals surface area contributed by atoms with Crippen molar-refractivity contribution in [2.24, 2.45) is 5.73 Å². The number of pyridine rings is 1. The minimum Gasteiger partial charge on any atom is -0.345 e. The molecule has 0 aliphatic heterocycles. The van der Waals surface area contributed by atoms with E-state index >= 15 is 0 Å². The van der Waals surface area contributed by atoms with E-state index in [9.17, 15) is 4.79 Å². The van der Waals surface area contributed by atoms with Gasteiger partial charge in [0.15, 0.2) is 5.43 Å². The number of aromatic nitrogens is 1. The summed E-state index contributed by atoms with van der Waals surface area (Å²) in [4.78, 5) is 11.6. The van der Waals surface area contributed by atoms with Gasteiger partial charge >= 0.3 is 0 Å². The second kappa shape index (κ2) is 4.16. The zero-order chi connectivity index (χ0) is 10.8. The van der Waals surface area contributed by atoms with Gasteiger partial charge in [-0.3, -0.25) is 4.79 Å². The van der Waals surface area contributed by atoms with Gasteiger partial charge in [0.05, 0.1) is 5.52 Å². The largest absolute Gasteiger partial charge is 0.345 e. The van der Waals surface area contributed by atoms with Crippen LogP contribution in [0.4, 0.5) is 0 Å². The number of benzene rings is 1. The van der Waals surface area contributed by atoms with E-state index in [1.54, 1.807) is 12.3 Å². The first-order chi connectivity index (χ1) is 7.24. The summed E-state index contributed by atoms with van der Waals surface area (Å²) in [6.07, 6.45) is 1.78. The fourth-order valence-corrected chi connectivity index (χ4v) is 2.25. The Hall–Kier alpha value is -1.13. The molecule has 1 heterocycles. The summed E-state index contributed by atoms with van der Waals surface area (Å²) >= 11 is 3.45. The lowest BCUT2D eigenvalue weighted by Gasteiger charge is -2.10. The molecule has 0 radical (unpaired) electrons. The van der Waals surface area contributed by atoms with E-state index in [0.717, 1.165) is 15.4 Å². The highest BCUT2D eigenvalue weighted by Gasteiger charge is 2.04. The molecule has 0 bridgehead atoms. The van der Waals surface area contributed by atoms with Crippen molar-refractivity contribution in [2.75, 3.05) is 6.54 Å². The van der Waals surface area contributed by atoms with Crippen LogP contribution in [-0.2, 0) is 6.54 Å². The van der Waals surface area contributed by atoms with Gasteiger partial charge in [-0.2, -0.15) is 0 Å². The molecule has 1 aromatic carbocycles. The summed E-state index contributed by atoms with van der Waals surface area (Å²) in [5.41, 5.74) is 6.48. The van der Waals surface area contributed by atoms with Crippen LogP contribution in [0.5, 0.6) is 0 Å². The summed E-state index contributed by atoms with van der Waals surface area (Å²) in [5.74, 6) is 0. The van der Waals surface area contributed by atoms with E-state index in [-0.39, 0.29) is 5.43 Å². The Morgan fingerprint density at radius 3 is 2.87 bits per heavy atom. The molecule has 2 N–H and O–H groups in total. The van der Waals surface area contributed by atoms with E-state index in [0.29, 0.717) is 13.1 Å². The topological polar surface area (TPSA) is 48.0 Å². The van der Waals surface area contributed by atoms with Crippen molar-refractivity contribution in [2.45, 2.75) is 6.54 Å². The summed E-state index contributed by atoms with van der Waals surface area (Å²) in [7, 11) is 0. The Labute approximate surface area is 95.6 Å². The lowest BCUT2D eigenvalue weighted by atomic mass is 10.2. The van der Waals surface area contributed by atoms with E-state index in [1.165, 1.54) is 0 Å². The Morgan fingerprint density at radius 2 is 2.13 bits per heavy atom. The fraction of sp³-hybridized carbons (Fsp3) is 0.182. The monoisotopic (exact) mass is 266 g/mol. The van der Waals surface area contributed by atoms with E-state index in [2.05, 4.69) is 15.9 Å². The van der Waals surface area contributed by atoms with Gasteiger partial charge in [0.25, 0.3) is 0 Å². The average Bonchev–Trinajstić information content (AvgIpc) is 2.23. The molecule has 0 aliphatic carbocycles. The Balaban J connectivity index is 2.84. The van der Waals surface area contributed by atoms with Gasteiger partial charge < -0.3 is 10.3 Å². The molecule has 0 unspecified atom stereocenters. The summed E-state index contributed by atoms with van der Waals surface area (Å²) in [5, 5.41) is 0.723. The van der Waals surface area contributed by atoms with E-state index in [1.807, 2.05) is 22.8 Å².